The summed E-state index contributed by atoms with van der Waals surface area (Å²) < 4.78 is 0. The first-order chi connectivity index (χ1) is 10.3. The van der Waals surface area contributed by atoms with Crippen LogP contribution in [0.4, 0.5) is 0 Å². The molecule has 0 aliphatic heterocycles. The Kier molecular flexibility index (Phi) is 4.44. The highest BCUT2D eigenvalue weighted by molar-refractivity contribution is 5.39. The van der Waals surface area contributed by atoms with Crippen LogP contribution in [0, 0.1) is 29.1 Å². The summed E-state index contributed by atoms with van der Waals surface area (Å²) in [6.45, 7) is 2.14. The molecule has 0 aromatic heterocycles. The molecule has 0 heterocycles. The fraction of sp³-hybridized carbons (Fsp3) is 0.550. The molecule has 0 spiro atoms. The highest BCUT2D eigenvalue weighted by Crippen LogP contribution is 2.39. The third kappa shape index (κ3) is 3.21. The molecule has 0 amide bonds. The van der Waals surface area contributed by atoms with Gasteiger partial charge in [0, 0.05) is 0 Å². The molecule has 2 aliphatic carbocycles. The van der Waals surface area contributed by atoms with Crippen LogP contribution >= 0.6 is 0 Å². The van der Waals surface area contributed by atoms with Gasteiger partial charge in [0.15, 0.2) is 0 Å². The van der Waals surface area contributed by atoms with E-state index in [9.17, 15) is 0 Å². The second-order valence-corrected chi connectivity index (χ2v) is 6.80. The molecule has 110 valence electrons. The number of fused-ring (bicyclic) bond motifs is 1. The Morgan fingerprint density at radius 1 is 1.05 bits per heavy atom. The van der Waals surface area contributed by atoms with Crippen molar-refractivity contribution in [3.63, 3.8) is 0 Å². The lowest BCUT2D eigenvalue weighted by Crippen LogP contribution is -2.26. The van der Waals surface area contributed by atoms with E-state index in [-0.39, 0.29) is 0 Å². The van der Waals surface area contributed by atoms with Crippen LogP contribution in [0.3, 0.4) is 0 Å². The molecule has 3 rings (SSSR count). The van der Waals surface area contributed by atoms with Gasteiger partial charge in [0.25, 0.3) is 0 Å². The van der Waals surface area contributed by atoms with Gasteiger partial charge >= 0.3 is 0 Å². The predicted octanol–water partition coefficient (Wildman–Crippen LogP) is 5.05. The first-order valence-corrected chi connectivity index (χ1v) is 8.45. The molecule has 1 atom stereocenters. The van der Waals surface area contributed by atoms with Crippen molar-refractivity contribution in [3.8, 4) is 6.07 Å². The minimum atomic E-state index is 0.819. The Hall–Kier alpha value is -1.55. The van der Waals surface area contributed by atoms with Crippen molar-refractivity contribution in [2.45, 2.75) is 51.9 Å². The number of allylic oxidation sites excluding steroid dienone is 2. The molecular weight excluding hydrogens is 254 g/mol. The zero-order valence-electron chi connectivity index (χ0n) is 13.0. The van der Waals surface area contributed by atoms with Gasteiger partial charge < -0.3 is 0 Å². The fourth-order valence-electron chi connectivity index (χ4n) is 4.34. The van der Waals surface area contributed by atoms with Crippen LogP contribution < -0.4 is 0 Å². The number of benzene rings is 1. The van der Waals surface area contributed by atoms with E-state index >= 15 is 0 Å². The number of hydrogen-bond donors (Lipinski definition) is 0. The van der Waals surface area contributed by atoms with Crippen LogP contribution in [0.15, 0.2) is 30.4 Å². The normalized spacial score (nSPS) is 29.0. The molecule has 0 radical (unpaired) electrons. The van der Waals surface area contributed by atoms with Crippen molar-refractivity contribution in [3.05, 3.63) is 47.0 Å². The van der Waals surface area contributed by atoms with Gasteiger partial charge in [-0.15, -0.1) is 0 Å². The molecule has 0 bridgehead atoms. The molecule has 21 heavy (non-hydrogen) atoms. The zero-order valence-corrected chi connectivity index (χ0v) is 13.0. The van der Waals surface area contributed by atoms with Crippen LogP contribution in [0.1, 0.15) is 55.7 Å². The van der Waals surface area contributed by atoms with Gasteiger partial charge in [0.1, 0.15) is 0 Å². The number of aryl methyl sites for hydroxylation is 1. The maximum Gasteiger partial charge on any atom is 0.0991 e. The Morgan fingerprint density at radius 3 is 2.57 bits per heavy atom. The van der Waals surface area contributed by atoms with E-state index in [4.69, 9.17) is 5.26 Å². The number of hydrogen-bond acceptors (Lipinski definition) is 1. The van der Waals surface area contributed by atoms with Crippen molar-refractivity contribution < 1.29 is 0 Å². The summed E-state index contributed by atoms with van der Waals surface area (Å²) in [5.74, 6) is 2.63. The molecule has 2 aliphatic rings. The smallest absolute Gasteiger partial charge is 0.0991 e. The average Bonchev–Trinajstić information content (AvgIpc) is 2.55. The Labute approximate surface area is 128 Å². The summed E-state index contributed by atoms with van der Waals surface area (Å²) in [4.78, 5) is 0. The van der Waals surface area contributed by atoms with Crippen molar-refractivity contribution in [1.82, 2.24) is 0 Å². The topological polar surface area (TPSA) is 23.8 Å². The lowest BCUT2D eigenvalue weighted by atomic mass is 9.69. The summed E-state index contributed by atoms with van der Waals surface area (Å²) in [5.41, 5.74) is 3.74. The van der Waals surface area contributed by atoms with E-state index in [1.54, 1.807) is 0 Å². The molecular formula is C20H25N. The van der Waals surface area contributed by atoms with E-state index < -0.39 is 0 Å². The lowest BCUT2D eigenvalue weighted by Gasteiger charge is -2.36. The van der Waals surface area contributed by atoms with Gasteiger partial charge in [0.05, 0.1) is 11.6 Å². The third-order valence-electron chi connectivity index (χ3n) is 5.55. The van der Waals surface area contributed by atoms with Gasteiger partial charge in [-0.25, -0.2) is 0 Å². The summed E-state index contributed by atoms with van der Waals surface area (Å²) in [5, 5.41) is 9.01. The molecule has 1 aromatic rings. The second-order valence-electron chi connectivity index (χ2n) is 6.80. The van der Waals surface area contributed by atoms with Crippen molar-refractivity contribution in [2.75, 3.05) is 0 Å². The van der Waals surface area contributed by atoms with Crippen LogP contribution in [0.5, 0.6) is 0 Å². The van der Waals surface area contributed by atoms with Crippen LogP contribution in [0.25, 0.3) is 0 Å². The van der Waals surface area contributed by atoms with Gasteiger partial charge in [-0.1, -0.05) is 18.2 Å². The maximum atomic E-state index is 9.01. The van der Waals surface area contributed by atoms with Crippen molar-refractivity contribution in [1.29, 1.82) is 5.26 Å². The molecule has 1 nitrogen and oxygen atoms in total. The van der Waals surface area contributed by atoms with Gasteiger partial charge in [-0.05, 0) is 92.9 Å². The summed E-state index contributed by atoms with van der Waals surface area (Å²) in [6, 6.07) is 8.56. The van der Waals surface area contributed by atoms with E-state index in [0.717, 1.165) is 23.3 Å². The van der Waals surface area contributed by atoms with E-state index in [0.29, 0.717) is 0 Å². The highest BCUT2D eigenvalue weighted by atomic mass is 14.3. The minimum Gasteiger partial charge on any atom is -0.192 e. The maximum absolute atomic E-state index is 9.01. The lowest BCUT2D eigenvalue weighted by molar-refractivity contribution is 0.206. The van der Waals surface area contributed by atoms with Crippen LogP contribution in [-0.2, 0) is 12.8 Å². The highest BCUT2D eigenvalue weighted by Gasteiger charge is 2.29. The van der Waals surface area contributed by atoms with Crippen LogP contribution in [0.2, 0.25) is 0 Å². The largest absolute Gasteiger partial charge is 0.192 e. The first kappa shape index (κ1) is 14.4. The Bertz CT molecular complexity index is 556. The Morgan fingerprint density at radius 2 is 1.86 bits per heavy atom. The SMILES string of the molecule is C/C=C/C1CCC(C2CCc3cc(C#N)ccc3C2)CC1. The molecule has 1 saturated carbocycles. The van der Waals surface area contributed by atoms with Crippen molar-refractivity contribution >= 4 is 0 Å². The first-order valence-electron chi connectivity index (χ1n) is 8.45. The summed E-state index contributed by atoms with van der Waals surface area (Å²) >= 11 is 0. The average molecular weight is 279 g/mol. The van der Waals surface area contributed by atoms with Crippen molar-refractivity contribution in [2.24, 2.45) is 17.8 Å². The number of nitrogens with zero attached hydrogens (tertiary/aromatic N) is 1. The molecule has 0 N–H and O–H groups in total. The summed E-state index contributed by atoms with van der Waals surface area (Å²) in [7, 11) is 0. The third-order valence-corrected chi connectivity index (χ3v) is 5.55. The zero-order chi connectivity index (χ0) is 14.7. The van der Waals surface area contributed by atoms with E-state index in [1.807, 2.05) is 6.07 Å². The Balaban J connectivity index is 1.63. The monoisotopic (exact) mass is 279 g/mol. The minimum absolute atomic E-state index is 0.819. The predicted molar refractivity (Wildman–Crippen MR) is 86.9 cm³/mol. The van der Waals surface area contributed by atoms with E-state index in [2.05, 4.69) is 37.3 Å². The summed E-state index contributed by atoms with van der Waals surface area (Å²) in [6.07, 6.45) is 13.9. The number of nitriles is 1. The quantitative estimate of drug-likeness (QED) is 0.695. The van der Waals surface area contributed by atoms with E-state index in [1.165, 1.54) is 56.1 Å². The molecule has 0 saturated heterocycles. The number of rotatable bonds is 2. The fourth-order valence-corrected chi connectivity index (χ4v) is 4.34. The standard InChI is InChI=1S/C20H25N/c1-2-3-15-4-7-17(8-5-15)19-11-10-18-12-16(14-21)6-9-20(18)13-19/h2-3,6,9,12,15,17,19H,4-5,7-8,10-11,13H2,1H3/b3-2+. The molecule has 1 unspecified atom stereocenters. The van der Waals surface area contributed by atoms with Gasteiger partial charge in [0.2, 0.25) is 0 Å². The second kappa shape index (κ2) is 6.48. The van der Waals surface area contributed by atoms with Gasteiger partial charge in [-0.3, -0.25) is 0 Å². The molecule has 1 heteroatoms. The van der Waals surface area contributed by atoms with Gasteiger partial charge in [-0.2, -0.15) is 5.26 Å². The molecule has 1 aromatic carbocycles. The van der Waals surface area contributed by atoms with Crippen LogP contribution in [-0.4, -0.2) is 0 Å². The molecule has 1 fully saturated rings.